The molecule has 0 fully saturated rings. The molecule has 0 aliphatic carbocycles. The number of hydrogen-bond donors (Lipinski definition) is 1. The van der Waals surface area contributed by atoms with Crippen molar-refractivity contribution in [1.29, 1.82) is 0 Å². The lowest BCUT2D eigenvalue weighted by Crippen LogP contribution is -2.00. The Hall–Kier alpha value is -2.37. The molecule has 1 aromatic carbocycles. The van der Waals surface area contributed by atoms with Crippen LogP contribution < -0.4 is 5.73 Å². The molecule has 1 heterocycles. The van der Waals surface area contributed by atoms with Gasteiger partial charge < -0.3 is 5.73 Å². The molecule has 2 aromatic rings. The molecule has 0 spiro atoms. The Bertz CT molecular complexity index is 674. The van der Waals surface area contributed by atoms with Crippen molar-refractivity contribution < 1.29 is 4.92 Å². The lowest BCUT2D eigenvalue weighted by atomic mass is 9.97. The van der Waals surface area contributed by atoms with Gasteiger partial charge in [0.15, 0.2) is 0 Å². The van der Waals surface area contributed by atoms with E-state index in [1.54, 1.807) is 30.8 Å². The highest BCUT2D eigenvalue weighted by Crippen LogP contribution is 2.34. The predicted octanol–water partition coefficient (Wildman–Crippen LogP) is 3.01. The Labute approximate surface area is 117 Å². The van der Waals surface area contributed by atoms with Crippen LogP contribution >= 0.6 is 0 Å². The second-order valence-corrected chi connectivity index (χ2v) is 5.18. The van der Waals surface area contributed by atoms with Crippen LogP contribution in [0.3, 0.4) is 0 Å². The number of hydrogen-bond acceptors (Lipinski definition) is 4. The number of nitrogen functional groups attached to an aromatic ring is 1. The van der Waals surface area contributed by atoms with Crippen LogP contribution in [-0.4, -0.2) is 14.7 Å². The number of anilines is 1. The fourth-order valence-electron chi connectivity index (χ4n) is 2.29. The molecule has 0 atom stereocenters. The summed E-state index contributed by atoms with van der Waals surface area (Å²) in [6, 6.07) is 5.14. The molecule has 20 heavy (non-hydrogen) atoms. The molecular weight excluding hydrogens is 256 g/mol. The fraction of sp³-hybridized carbons (Fsp3) is 0.357. The van der Waals surface area contributed by atoms with Crippen LogP contribution in [-0.2, 0) is 7.05 Å². The summed E-state index contributed by atoms with van der Waals surface area (Å²) >= 11 is 0. The summed E-state index contributed by atoms with van der Waals surface area (Å²) in [4.78, 5) is 10.7. The molecule has 0 saturated carbocycles. The van der Waals surface area contributed by atoms with E-state index < -0.39 is 0 Å². The molecule has 0 unspecified atom stereocenters. The lowest BCUT2D eigenvalue weighted by molar-refractivity contribution is -0.385. The van der Waals surface area contributed by atoms with E-state index in [9.17, 15) is 10.1 Å². The molecule has 0 saturated heterocycles. The Balaban J connectivity index is 2.66. The zero-order valence-electron chi connectivity index (χ0n) is 12.0. The standard InChI is InChI=1S/C14H18N4O2/c1-8(2)12-13(16-17(4)14(12)15)10-6-5-9(3)11(7-10)18(19)20/h5-8H,15H2,1-4H3. The molecule has 106 valence electrons. The number of nitro groups is 1. The molecule has 6 heteroatoms. The fourth-order valence-corrected chi connectivity index (χ4v) is 2.29. The second-order valence-electron chi connectivity index (χ2n) is 5.18. The lowest BCUT2D eigenvalue weighted by Gasteiger charge is -2.07. The number of benzene rings is 1. The molecule has 1 aromatic heterocycles. The largest absolute Gasteiger partial charge is 0.384 e. The molecule has 2 rings (SSSR count). The maximum absolute atomic E-state index is 11.1. The van der Waals surface area contributed by atoms with E-state index in [-0.39, 0.29) is 16.5 Å². The van der Waals surface area contributed by atoms with Gasteiger partial charge in [0.05, 0.1) is 10.6 Å². The molecule has 0 aliphatic rings. The third-order valence-electron chi connectivity index (χ3n) is 3.39. The maximum Gasteiger partial charge on any atom is 0.272 e. The van der Waals surface area contributed by atoms with Gasteiger partial charge >= 0.3 is 0 Å². The molecule has 2 N–H and O–H groups in total. The quantitative estimate of drug-likeness (QED) is 0.688. The van der Waals surface area contributed by atoms with E-state index >= 15 is 0 Å². The third-order valence-corrected chi connectivity index (χ3v) is 3.39. The number of nitrogens with two attached hydrogens (primary N) is 1. The Morgan fingerprint density at radius 2 is 2.05 bits per heavy atom. The average Bonchev–Trinajstić information content (AvgIpc) is 2.66. The van der Waals surface area contributed by atoms with Gasteiger partial charge in [0.25, 0.3) is 5.69 Å². The molecular formula is C14H18N4O2. The smallest absolute Gasteiger partial charge is 0.272 e. The first-order valence-electron chi connectivity index (χ1n) is 6.40. The van der Waals surface area contributed by atoms with Crippen LogP contribution in [0.15, 0.2) is 18.2 Å². The van der Waals surface area contributed by atoms with Gasteiger partial charge in [0.1, 0.15) is 5.82 Å². The Kier molecular flexibility index (Phi) is 3.48. The normalized spacial score (nSPS) is 11.1. The van der Waals surface area contributed by atoms with Crippen molar-refractivity contribution in [3.8, 4) is 11.3 Å². The number of nitrogens with zero attached hydrogens (tertiary/aromatic N) is 3. The van der Waals surface area contributed by atoms with Gasteiger partial charge in [-0.25, -0.2) is 0 Å². The molecule has 0 radical (unpaired) electrons. The monoisotopic (exact) mass is 274 g/mol. The van der Waals surface area contributed by atoms with Crippen molar-refractivity contribution in [3.63, 3.8) is 0 Å². The predicted molar refractivity (Wildman–Crippen MR) is 78.5 cm³/mol. The molecule has 6 nitrogen and oxygen atoms in total. The minimum Gasteiger partial charge on any atom is -0.384 e. The van der Waals surface area contributed by atoms with Crippen LogP contribution in [0.2, 0.25) is 0 Å². The van der Waals surface area contributed by atoms with Gasteiger partial charge in [-0.3, -0.25) is 14.8 Å². The highest BCUT2D eigenvalue weighted by molar-refractivity contribution is 5.71. The van der Waals surface area contributed by atoms with Crippen molar-refractivity contribution in [3.05, 3.63) is 39.4 Å². The summed E-state index contributed by atoms with van der Waals surface area (Å²) in [6.45, 7) is 5.77. The van der Waals surface area contributed by atoms with Crippen molar-refractivity contribution in [2.45, 2.75) is 26.7 Å². The topological polar surface area (TPSA) is 87.0 Å². The summed E-state index contributed by atoms with van der Waals surface area (Å²) in [7, 11) is 1.77. The van der Waals surface area contributed by atoms with Gasteiger partial charge in [0, 0.05) is 29.8 Å². The van der Waals surface area contributed by atoms with E-state index in [4.69, 9.17) is 5.73 Å². The zero-order chi connectivity index (χ0) is 15.0. The summed E-state index contributed by atoms with van der Waals surface area (Å²) in [5, 5.41) is 15.5. The molecule has 0 aliphatic heterocycles. The van der Waals surface area contributed by atoms with E-state index in [0.717, 1.165) is 11.1 Å². The molecule has 0 amide bonds. The first-order chi connectivity index (χ1) is 9.32. The van der Waals surface area contributed by atoms with Gasteiger partial charge in [-0.05, 0) is 12.8 Å². The van der Waals surface area contributed by atoms with Crippen LogP contribution in [0, 0.1) is 17.0 Å². The summed E-state index contributed by atoms with van der Waals surface area (Å²) in [5.74, 6) is 0.789. The maximum atomic E-state index is 11.1. The van der Waals surface area contributed by atoms with Crippen molar-refractivity contribution in [2.24, 2.45) is 7.05 Å². The Morgan fingerprint density at radius 3 is 2.60 bits per heavy atom. The molecule has 0 bridgehead atoms. The minimum absolute atomic E-state index is 0.0985. The summed E-state index contributed by atoms with van der Waals surface area (Å²) in [5.41, 5.74) is 9.12. The van der Waals surface area contributed by atoms with Crippen LogP contribution in [0.4, 0.5) is 11.5 Å². The summed E-state index contributed by atoms with van der Waals surface area (Å²) < 4.78 is 1.61. The van der Waals surface area contributed by atoms with Gasteiger partial charge in [-0.2, -0.15) is 5.10 Å². The first kappa shape index (κ1) is 14.0. The van der Waals surface area contributed by atoms with E-state index in [1.165, 1.54) is 0 Å². The van der Waals surface area contributed by atoms with Gasteiger partial charge in [-0.15, -0.1) is 0 Å². The van der Waals surface area contributed by atoms with Gasteiger partial charge in [0.2, 0.25) is 0 Å². The second kappa shape index (κ2) is 4.96. The number of nitro benzene ring substituents is 1. The van der Waals surface area contributed by atoms with Crippen molar-refractivity contribution in [1.82, 2.24) is 9.78 Å². The van der Waals surface area contributed by atoms with E-state index in [0.29, 0.717) is 17.1 Å². The highest BCUT2D eigenvalue weighted by Gasteiger charge is 2.20. The zero-order valence-corrected chi connectivity index (χ0v) is 12.0. The van der Waals surface area contributed by atoms with Crippen LogP contribution in [0.5, 0.6) is 0 Å². The number of aryl methyl sites for hydroxylation is 2. The number of rotatable bonds is 3. The van der Waals surface area contributed by atoms with E-state index in [2.05, 4.69) is 5.10 Å². The highest BCUT2D eigenvalue weighted by atomic mass is 16.6. The SMILES string of the molecule is Cc1ccc(-c2nn(C)c(N)c2C(C)C)cc1[N+](=O)[O-]. The van der Waals surface area contributed by atoms with Crippen LogP contribution in [0.25, 0.3) is 11.3 Å². The third kappa shape index (κ3) is 2.24. The first-order valence-corrected chi connectivity index (χ1v) is 6.40. The minimum atomic E-state index is -0.375. The van der Waals surface area contributed by atoms with Crippen molar-refractivity contribution in [2.75, 3.05) is 5.73 Å². The Morgan fingerprint density at radius 1 is 1.40 bits per heavy atom. The average molecular weight is 274 g/mol. The van der Waals surface area contributed by atoms with Crippen molar-refractivity contribution >= 4 is 11.5 Å². The van der Waals surface area contributed by atoms with Crippen LogP contribution in [0.1, 0.15) is 30.9 Å². The number of aromatic nitrogens is 2. The van der Waals surface area contributed by atoms with Gasteiger partial charge in [-0.1, -0.05) is 26.0 Å². The van der Waals surface area contributed by atoms with E-state index in [1.807, 2.05) is 19.9 Å². The summed E-state index contributed by atoms with van der Waals surface area (Å²) in [6.07, 6.45) is 0.